The molecular weight excluding hydrogens is 341 g/mol. The minimum atomic E-state index is -3.06. The Morgan fingerprint density at radius 3 is 2.12 bits per heavy atom. The monoisotopic (exact) mass is 363 g/mol. The van der Waals surface area contributed by atoms with Crippen LogP contribution in [0.25, 0.3) is 0 Å². The molecule has 0 fully saturated rings. The Bertz CT molecular complexity index is 320. The van der Waals surface area contributed by atoms with E-state index in [9.17, 15) is 8.42 Å². The Kier molecular flexibility index (Phi) is 8.37. The van der Waals surface area contributed by atoms with E-state index in [-0.39, 0.29) is 29.7 Å². The first-order valence-corrected chi connectivity index (χ1v) is 6.50. The predicted octanol–water partition coefficient (Wildman–Crippen LogP) is 0.612. The lowest BCUT2D eigenvalue weighted by atomic mass is 10.3. The zero-order valence-corrected chi connectivity index (χ0v) is 13.6. The second kappa shape index (κ2) is 7.31. The number of nitrogens with zero attached hydrogens (tertiary/aromatic N) is 1. The van der Waals surface area contributed by atoms with Crippen LogP contribution in [-0.4, -0.2) is 45.5 Å². The van der Waals surface area contributed by atoms with Crippen LogP contribution in [0, 0.1) is 0 Å². The maximum Gasteiger partial charge on any atom is 0.190 e. The van der Waals surface area contributed by atoms with Gasteiger partial charge in [0.15, 0.2) is 15.8 Å². The van der Waals surface area contributed by atoms with Crippen molar-refractivity contribution in [2.75, 3.05) is 26.4 Å². The van der Waals surface area contributed by atoms with Crippen molar-refractivity contribution in [2.45, 2.75) is 25.5 Å². The van der Waals surface area contributed by atoms with Crippen molar-refractivity contribution in [2.24, 2.45) is 4.99 Å². The number of hydrogen-bond donors (Lipinski definition) is 2. The number of halogens is 1. The molecule has 0 saturated carbocycles. The van der Waals surface area contributed by atoms with Gasteiger partial charge in [-0.3, -0.25) is 4.99 Å². The Labute approximate surface area is 115 Å². The highest BCUT2D eigenvalue weighted by atomic mass is 127. The highest BCUT2D eigenvalue weighted by Gasteiger charge is 2.28. The average Bonchev–Trinajstić information content (AvgIpc) is 2.10. The molecule has 0 amide bonds. The number of hydrogen-bond acceptors (Lipinski definition) is 3. The van der Waals surface area contributed by atoms with Crippen molar-refractivity contribution in [3.8, 4) is 0 Å². The van der Waals surface area contributed by atoms with Gasteiger partial charge in [-0.2, -0.15) is 0 Å². The van der Waals surface area contributed by atoms with E-state index < -0.39 is 14.6 Å². The molecule has 16 heavy (non-hydrogen) atoms. The number of aliphatic imine (C=N–C) groups is 1. The van der Waals surface area contributed by atoms with E-state index in [1.165, 1.54) is 0 Å². The van der Waals surface area contributed by atoms with Gasteiger partial charge in [-0.25, -0.2) is 8.42 Å². The average molecular weight is 363 g/mol. The Hall–Kier alpha value is -0.0500. The highest BCUT2D eigenvalue weighted by molar-refractivity contribution is 14.0. The molecule has 0 unspecified atom stereocenters. The molecule has 0 aliphatic heterocycles. The molecule has 0 rings (SSSR count). The van der Waals surface area contributed by atoms with Crippen molar-refractivity contribution in [1.29, 1.82) is 0 Å². The normalized spacial score (nSPS) is 12.9. The molecule has 0 atom stereocenters. The molecule has 0 aliphatic carbocycles. The fraction of sp³-hybridized carbons (Fsp3) is 0.889. The van der Waals surface area contributed by atoms with E-state index in [0.717, 1.165) is 0 Å². The first-order valence-electron chi connectivity index (χ1n) is 4.85. The highest BCUT2D eigenvalue weighted by Crippen LogP contribution is 2.14. The largest absolute Gasteiger partial charge is 0.359 e. The Balaban J connectivity index is 0. The molecule has 0 aliphatic rings. The van der Waals surface area contributed by atoms with Crippen LogP contribution in [0.5, 0.6) is 0 Å². The number of guanidine groups is 1. The molecule has 0 saturated heterocycles. The summed E-state index contributed by atoms with van der Waals surface area (Å²) < 4.78 is 22.7. The van der Waals surface area contributed by atoms with Gasteiger partial charge in [-0.1, -0.05) is 0 Å². The maximum atomic E-state index is 11.7. The van der Waals surface area contributed by atoms with Gasteiger partial charge in [-0.05, 0) is 20.8 Å². The second-order valence-electron chi connectivity index (χ2n) is 4.18. The molecule has 5 nitrogen and oxygen atoms in total. The van der Waals surface area contributed by atoms with Gasteiger partial charge in [0.2, 0.25) is 0 Å². The standard InChI is InChI=1S/C9H21N3O2S.HI/c1-9(2,3)15(13,14)7-6-12-8(10-4)11-5;/h6-7H2,1-5H3,(H2,10,11,12);1H. The number of rotatable bonds is 3. The lowest BCUT2D eigenvalue weighted by Gasteiger charge is -2.19. The van der Waals surface area contributed by atoms with Crippen LogP contribution in [0.1, 0.15) is 20.8 Å². The third-order valence-electron chi connectivity index (χ3n) is 2.06. The van der Waals surface area contributed by atoms with Crippen LogP contribution in [0.4, 0.5) is 0 Å². The van der Waals surface area contributed by atoms with Gasteiger partial charge in [0.25, 0.3) is 0 Å². The summed E-state index contributed by atoms with van der Waals surface area (Å²) in [6, 6.07) is 0. The van der Waals surface area contributed by atoms with Crippen molar-refractivity contribution in [3.63, 3.8) is 0 Å². The first kappa shape index (κ1) is 18.3. The van der Waals surface area contributed by atoms with Crippen molar-refractivity contribution >= 4 is 39.8 Å². The summed E-state index contributed by atoms with van der Waals surface area (Å²) >= 11 is 0. The summed E-state index contributed by atoms with van der Waals surface area (Å²) in [5.41, 5.74) is 0. The summed E-state index contributed by atoms with van der Waals surface area (Å²) in [5.74, 6) is 0.705. The molecule has 0 radical (unpaired) electrons. The van der Waals surface area contributed by atoms with Crippen molar-refractivity contribution in [3.05, 3.63) is 0 Å². The number of sulfone groups is 1. The predicted molar refractivity (Wildman–Crippen MR) is 79.4 cm³/mol. The van der Waals surface area contributed by atoms with Gasteiger partial charge in [0.1, 0.15) is 0 Å². The van der Waals surface area contributed by atoms with Crippen LogP contribution in [0.15, 0.2) is 4.99 Å². The fourth-order valence-electron chi connectivity index (χ4n) is 0.889. The zero-order chi connectivity index (χ0) is 12.1. The molecule has 0 spiro atoms. The van der Waals surface area contributed by atoms with Gasteiger partial charge >= 0.3 is 0 Å². The van der Waals surface area contributed by atoms with Crippen LogP contribution < -0.4 is 10.6 Å². The molecular formula is C9H22IN3O2S. The van der Waals surface area contributed by atoms with Gasteiger partial charge in [0.05, 0.1) is 10.5 Å². The van der Waals surface area contributed by atoms with E-state index in [0.29, 0.717) is 12.5 Å². The second-order valence-corrected chi connectivity index (χ2v) is 7.04. The van der Waals surface area contributed by atoms with Gasteiger partial charge in [0, 0.05) is 20.6 Å². The van der Waals surface area contributed by atoms with Gasteiger partial charge < -0.3 is 10.6 Å². The molecule has 0 bridgehead atoms. The van der Waals surface area contributed by atoms with E-state index in [2.05, 4.69) is 15.6 Å². The summed E-state index contributed by atoms with van der Waals surface area (Å²) in [5, 5.41) is 5.73. The van der Waals surface area contributed by atoms with E-state index in [1.807, 2.05) is 0 Å². The molecule has 0 aromatic rings. The molecule has 0 aromatic carbocycles. The molecule has 2 N–H and O–H groups in total. The summed E-state index contributed by atoms with van der Waals surface area (Å²) in [7, 11) is 0.311. The lowest BCUT2D eigenvalue weighted by Crippen LogP contribution is -2.40. The first-order chi connectivity index (χ1) is 6.74. The van der Waals surface area contributed by atoms with Gasteiger partial charge in [-0.15, -0.1) is 24.0 Å². The zero-order valence-electron chi connectivity index (χ0n) is 10.5. The van der Waals surface area contributed by atoms with E-state index >= 15 is 0 Å². The van der Waals surface area contributed by atoms with Crippen LogP contribution in [0.3, 0.4) is 0 Å². The summed E-state index contributed by atoms with van der Waals surface area (Å²) in [6.45, 7) is 5.48. The quantitative estimate of drug-likeness (QED) is 0.438. The Morgan fingerprint density at radius 2 is 1.81 bits per heavy atom. The van der Waals surface area contributed by atoms with E-state index in [1.54, 1.807) is 34.9 Å². The van der Waals surface area contributed by atoms with Crippen molar-refractivity contribution in [1.82, 2.24) is 10.6 Å². The van der Waals surface area contributed by atoms with Crippen molar-refractivity contribution < 1.29 is 8.42 Å². The fourth-order valence-corrected chi connectivity index (χ4v) is 1.87. The van der Waals surface area contributed by atoms with Crippen LogP contribution in [-0.2, 0) is 9.84 Å². The number of nitrogens with one attached hydrogen (secondary N) is 2. The maximum absolute atomic E-state index is 11.7. The Morgan fingerprint density at radius 1 is 1.31 bits per heavy atom. The molecule has 0 heterocycles. The minimum Gasteiger partial charge on any atom is -0.359 e. The molecule has 7 heteroatoms. The topological polar surface area (TPSA) is 70.6 Å². The SMILES string of the molecule is CN=C(NC)NCCS(=O)(=O)C(C)(C)C.I. The third-order valence-corrected chi connectivity index (χ3v) is 4.66. The molecule has 0 aromatic heterocycles. The lowest BCUT2D eigenvalue weighted by molar-refractivity contribution is 0.559. The summed E-state index contributed by atoms with van der Waals surface area (Å²) in [6.07, 6.45) is 0. The van der Waals surface area contributed by atoms with Crippen LogP contribution in [0.2, 0.25) is 0 Å². The smallest absolute Gasteiger partial charge is 0.190 e. The molecule has 98 valence electrons. The van der Waals surface area contributed by atoms with E-state index in [4.69, 9.17) is 0 Å². The van der Waals surface area contributed by atoms with Crippen LogP contribution >= 0.6 is 24.0 Å². The third kappa shape index (κ3) is 5.88. The summed E-state index contributed by atoms with van der Waals surface area (Å²) in [4.78, 5) is 3.89. The minimum absolute atomic E-state index is 0.